The standard InChI is InChI=1S/C18H22ClN3O3/c1-18(2,3)25-17(23)22-10-6-7-12(22)11-24-16-15(19)20-13-8-4-5-9-14(13)21-16/h4-5,8-9,12H,6-7,10-11H2,1-3H3. The van der Waals surface area contributed by atoms with Crippen molar-refractivity contribution in [3.8, 4) is 5.88 Å². The van der Waals surface area contributed by atoms with Crippen LogP contribution < -0.4 is 4.74 Å². The van der Waals surface area contributed by atoms with Crippen molar-refractivity contribution in [1.82, 2.24) is 14.9 Å². The molecule has 134 valence electrons. The van der Waals surface area contributed by atoms with Crippen molar-refractivity contribution in [1.29, 1.82) is 0 Å². The van der Waals surface area contributed by atoms with E-state index in [1.807, 2.05) is 45.0 Å². The van der Waals surface area contributed by atoms with Gasteiger partial charge in [0.05, 0.1) is 17.1 Å². The average molecular weight is 364 g/mol. The molecule has 25 heavy (non-hydrogen) atoms. The Bertz CT molecular complexity index is 776. The van der Waals surface area contributed by atoms with Crippen LogP contribution in [0.1, 0.15) is 33.6 Å². The lowest BCUT2D eigenvalue weighted by Gasteiger charge is -2.28. The van der Waals surface area contributed by atoms with Crippen LogP contribution in [0.3, 0.4) is 0 Å². The fourth-order valence-electron chi connectivity index (χ4n) is 2.80. The number of rotatable bonds is 3. The van der Waals surface area contributed by atoms with Gasteiger partial charge in [-0.3, -0.25) is 0 Å². The minimum absolute atomic E-state index is 0.0563. The first-order valence-electron chi connectivity index (χ1n) is 8.38. The van der Waals surface area contributed by atoms with E-state index in [0.29, 0.717) is 13.2 Å². The molecular formula is C18H22ClN3O3. The van der Waals surface area contributed by atoms with Gasteiger partial charge >= 0.3 is 6.09 Å². The summed E-state index contributed by atoms with van der Waals surface area (Å²) < 4.78 is 11.2. The molecule has 1 unspecified atom stereocenters. The summed E-state index contributed by atoms with van der Waals surface area (Å²) in [5.41, 5.74) is 0.923. The number of hydrogen-bond acceptors (Lipinski definition) is 5. The van der Waals surface area contributed by atoms with Crippen molar-refractivity contribution in [2.45, 2.75) is 45.3 Å². The van der Waals surface area contributed by atoms with E-state index < -0.39 is 5.60 Å². The van der Waals surface area contributed by atoms with Crippen molar-refractivity contribution < 1.29 is 14.3 Å². The minimum atomic E-state index is -0.516. The Kier molecular flexibility index (Phi) is 4.99. The zero-order valence-electron chi connectivity index (χ0n) is 14.7. The van der Waals surface area contributed by atoms with Gasteiger partial charge in [0.25, 0.3) is 5.88 Å². The number of halogens is 1. The Balaban J connectivity index is 1.68. The maximum atomic E-state index is 12.3. The van der Waals surface area contributed by atoms with Crippen molar-refractivity contribution in [3.05, 3.63) is 29.4 Å². The van der Waals surface area contributed by atoms with E-state index in [9.17, 15) is 4.79 Å². The second-order valence-corrected chi connectivity index (χ2v) is 7.45. The number of benzene rings is 1. The van der Waals surface area contributed by atoms with E-state index in [4.69, 9.17) is 21.1 Å². The number of ether oxygens (including phenoxy) is 2. The minimum Gasteiger partial charge on any atom is -0.473 e. The molecule has 1 aromatic heterocycles. The number of nitrogens with zero attached hydrogens (tertiary/aromatic N) is 3. The molecule has 1 aliphatic heterocycles. The molecule has 1 aromatic carbocycles. The van der Waals surface area contributed by atoms with E-state index in [2.05, 4.69) is 9.97 Å². The van der Waals surface area contributed by atoms with Gasteiger partial charge in [-0.05, 0) is 45.7 Å². The maximum absolute atomic E-state index is 12.3. The molecule has 2 aromatic rings. The summed E-state index contributed by atoms with van der Waals surface area (Å²) in [5.74, 6) is 0.288. The fourth-order valence-corrected chi connectivity index (χ4v) is 2.99. The first kappa shape index (κ1) is 17.7. The molecule has 0 spiro atoms. The number of para-hydroxylation sites is 2. The quantitative estimate of drug-likeness (QED) is 0.822. The summed E-state index contributed by atoms with van der Waals surface area (Å²) in [7, 11) is 0. The van der Waals surface area contributed by atoms with Crippen LogP contribution in [-0.2, 0) is 4.74 Å². The molecule has 1 fully saturated rings. The van der Waals surface area contributed by atoms with Gasteiger partial charge in [-0.15, -0.1) is 0 Å². The normalized spacial score (nSPS) is 17.8. The molecule has 0 aliphatic carbocycles. The Labute approximate surface area is 152 Å². The smallest absolute Gasteiger partial charge is 0.410 e. The van der Waals surface area contributed by atoms with Crippen LogP contribution in [0.5, 0.6) is 5.88 Å². The van der Waals surface area contributed by atoms with E-state index in [1.165, 1.54) is 0 Å². The van der Waals surface area contributed by atoms with Crippen LogP contribution in [0.4, 0.5) is 4.79 Å². The predicted octanol–water partition coefficient (Wildman–Crippen LogP) is 4.06. The zero-order chi connectivity index (χ0) is 18.0. The van der Waals surface area contributed by atoms with Gasteiger partial charge in [-0.1, -0.05) is 23.7 Å². The zero-order valence-corrected chi connectivity index (χ0v) is 15.4. The van der Waals surface area contributed by atoms with Gasteiger partial charge in [0.2, 0.25) is 0 Å². The van der Waals surface area contributed by atoms with Gasteiger partial charge in [0, 0.05) is 6.54 Å². The molecule has 6 nitrogen and oxygen atoms in total. The number of aromatic nitrogens is 2. The summed E-state index contributed by atoms with van der Waals surface area (Å²) >= 11 is 6.17. The largest absolute Gasteiger partial charge is 0.473 e. The van der Waals surface area contributed by atoms with E-state index >= 15 is 0 Å². The van der Waals surface area contributed by atoms with Gasteiger partial charge in [0.1, 0.15) is 12.2 Å². The van der Waals surface area contributed by atoms with Gasteiger partial charge in [0.15, 0.2) is 5.15 Å². The predicted molar refractivity (Wildman–Crippen MR) is 96.0 cm³/mol. The van der Waals surface area contributed by atoms with Gasteiger partial charge in [-0.2, -0.15) is 0 Å². The SMILES string of the molecule is CC(C)(C)OC(=O)N1CCCC1COc1nc2ccccc2nc1Cl. The lowest BCUT2D eigenvalue weighted by Crippen LogP contribution is -2.42. The van der Waals surface area contributed by atoms with Crippen LogP contribution in [0.2, 0.25) is 5.15 Å². The summed E-state index contributed by atoms with van der Waals surface area (Å²) in [6, 6.07) is 7.41. The molecule has 1 aliphatic rings. The van der Waals surface area contributed by atoms with E-state index in [1.54, 1.807) is 4.90 Å². The Morgan fingerprint density at radius 3 is 2.64 bits per heavy atom. The number of carbonyl (C=O) groups is 1. The number of fused-ring (bicyclic) bond motifs is 1. The molecule has 1 atom stereocenters. The summed E-state index contributed by atoms with van der Waals surface area (Å²) in [5, 5.41) is 0.223. The molecule has 0 bridgehead atoms. The highest BCUT2D eigenvalue weighted by Crippen LogP contribution is 2.25. The monoisotopic (exact) mass is 363 g/mol. The number of amides is 1. The highest BCUT2D eigenvalue weighted by Gasteiger charge is 2.32. The third-order valence-corrected chi connectivity index (χ3v) is 4.16. The van der Waals surface area contributed by atoms with Crippen molar-refractivity contribution in [3.63, 3.8) is 0 Å². The molecule has 3 rings (SSSR count). The number of likely N-dealkylation sites (tertiary alicyclic amines) is 1. The van der Waals surface area contributed by atoms with Crippen molar-refractivity contribution in [2.24, 2.45) is 0 Å². The molecule has 7 heteroatoms. The average Bonchev–Trinajstić information content (AvgIpc) is 3.00. The lowest BCUT2D eigenvalue weighted by molar-refractivity contribution is 0.0186. The highest BCUT2D eigenvalue weighted by molar-refractivity contribution is 6.31. The first-order valence-corrected chi connectivity index (χ1v) is 8.76. The Morgan fingerprint density at radius 2 is 1.96 bits per heavy atom. The van der Waals surface area contributed by atoms with Crippen LogP contribution in [0.25, 0.3) is 11.0 Å². The van der Waals surface area contributed by atoms with E-state index in [0.717, 1.165) is 23.9 Å². The topological polar surface area (TPSA) is 64.5 Å². The highest BCUT2D eigenvalue weighted by atomic mass is 35.5. The first-order chi connectivity index (χ1) is 11.8. The molecule has 1 amide bonds. The van der Waals surface area contributed by atoms with Gasteiger partial charge < -0.3 is 14.4 Å². The van der Waals surface area contributed by atoms with Crippen LogP contribution in [0.15, 0.2) is 24.3 Å². The Hall–Kier alpha value is -2.08. The molecule has 1 saturated heterocycles. The lowest BCUT2D eigenvalue weighted by atomic mass is 10.2. The molecule has 0 saturated carbocycles. The molecule has 0 N–H and O–H groups in total. The van der Waals surface area contributed by atoms with Crippen LogP contribution in [-0.4, -0.2) is 45.8 Å². The van der Waals surface area contributed by atoms with Gasteiger partial charge in [-0.25, -0.2) is 14.8 Å². The van der Waals surface area contributed by atoms with Crippen molar-refractivity contribution in [2.75, 3.05) is 13.2 Å². The maximum Gasteiger partial charge on any atom is 0.410 e. The second kappa shape index (κ2) is 7.04. The number of carbonyl (C=O) groups excluding carboxylic acids is 1. The summed E-state index contributed by atoms with van der Waals surface area (Å²) in [6.45, 7) is 6.55. The summed E-state index contributed by atoms with van der Waals surface area (Å²) in [6.07, 6.45) is 1.47. The summed E-state index contributed by atoms with van der Waals surface area (Å²) in [4.78, 5) is 22.7. The third-order valence-electron chi connectivity index (χ3n) is 3.92. The van der Waals surface area contributed by atoms with Crippen molar-refractivity contribution >= 4 is 28.7 Å². The molecule has 0 radical (unpaired) electrons. The van der Waals surface area contributed by atoms with Crippen LogP contribution >= 0.6 is 11.6 Å². The third kappa shape index (κ3) is 4.31. The fraction of sp³-hybridized carbons (Fsp3) is 0.500. The number of hydrogen-bond donors (Lipinski definition) is 0. The molecular weight excluding hydrogens is 342 g/mol. The van der Waals surface area contributed by atoms with E-state index in [-0.39, 0.29) is 23.2 Å². The Morgan fingerprint density at radius 1 is 1.28 bits per heavy atom. The second-order valence-electron chi connectivity index (χ2n) is 7.09. The molecule has 2 heterocycles. The van der Waals surface area contributed by atoms with Crippen LogP contribution in [0, 0.1) is 0 Å².